The average Bonchev–Trinajstić information content (AvgIpc) is 2.32. The van der Waals surface area contributed by atoms with E-state index in [9.17, 15) is 9.59 Å². The summed E-state index contributed by atoms with van der Waals surface area (Å²) < 4.78 is 5.32. The Morgan fingerprint density at radius 3 is 2.78 bits per heavy atom. The molecule has 2 rings (SSSR count). The minimum Gasteiger partial charge on any atom is -0.475 e. The highest BCUT2D eigenvalue weighted by atomic mass is 32.1. The second-order valence-electron chi connectivity index (χ2n) is 3.97. The van der Waals surface area contributed by atoms with Gasteiger partial charge in [-0.3, -0.25) is 4.79 Å². The number of carboxylic acids is 1. The number of rotatable bonds is 3. The van der Waals surface area contributed by atoms with Crippen molar-refractivity contribution in [2.24, 2.45) is 0 Å². The molecule has 0 radical (unpaired) electrons. The van der Waals surface area contributed by atoms with Crippen LogP contribution in [-0.2, 0) is 6.42 Å². The quantitative estimate of drug-likeness (QED) is 0.836. The van der Waals surface area contributed by atoms with Gasteiger partial charge in [0.25, 0.3) is 0 Å². The second-order valence-corrected chi connectivity index (χ2v) is 4.45. The summed E-state index contributed by atoms with van der Waals surface area (Å²) in [5.41, 5.74) is 0.757. The molecule has 1 aromatic carbocycles. The third kappa shape index (κ3) is 2.13. The average molecular weight is 264 g/mol. The van der Waals surface area contributed by atoms with Gasteiger partial charge < -0.3 is 9.52 Å². The summed E-state index contributed by atoms with van der Waals surface area (Å²) in [6.45, 7) is 1.99. The Morgan fingerprint density at radius 2 is 2.17 bits per heavy atom. The van der Waals surface area contributed by atoms with Crippen LogP contribution in [0.3, 0.4) is 0 Å². The van der Waals surface area contributed by atoms with Gasteiger partial charge in [0, 0.05) is 16.5 Å². The van der Waals surface area contributed by atoms with Crippen molar-refractivity contribution in [1.29, 1.82) is 0 Å². The van der Waals surface area contributed by atoms with Gasteiger partial charge in [0.1, 0.15) is 5.58 Å². The van der Waals surface area contributed by atoms with Crippen LogP contribution in [0, 0.1) is 0 Å². The fraction of sp³-hybridized carbons (Fsp3) is 0.231. The molecule has 1 N–H and O–H groups in total. The number of hydrogen-bond acceptors (Lipinski definition) is 4. The molecule has 0 fully saturated rings. The molecule has 4 nitrogen and oxygen atoms in total. The lowest BCUT2D eigenvalue weighted by atomic mass is 10.1. The Bertz CT molecular complexity index is 672. The number of aromatic carboxylic acids is 1. The zero-order valence-corrected chi connectivity index (χ0v) is 10.7. The van der Waals surface area contributed by atoms with Crippen LogP contribution in [0.15, 0.2) is 32.3 Å². The Kier molecular flexibility index (Phi) is 3.43. The first-order valence-corrected chi connectivity index (χ1v) is 6.01. The topological polar surface area (TPSA) is 67.5 Å². The number of aryl methyl sites for hydroxylation is 1. The van der Waals surface area contributed by atoms with E-state index in [-0.39, 0.29) is 11.2 Å². The third-order valence-corrected chi connectivity index (χ3v) is 3.11. The summed E-state index contributed by atoms with van der Waals surface area (Å²) >= 11 is 4.32. The molecule has 18 heavy (non-hydrogen) atoms. The minimum absolute atomic E-state index is 0.328. The highest BCUT2D eigenvalue weighted by Gasteiger charge is 2.14. The first-order chi connectivity index (χ1) is 8.54. The van der Waals surface area contributed by atoms with E-state index in [2.05, 4.69) is 12.6 Å². The van der Waals surface area contributed by atoms with E-state index in [4.69, 9.17) is 9.52 Å². The van der Waals surface area contributed by atoms with Gasteiger partial charge in [-0.2, -0.15) is 0 Å². The van der Waals surface area contributed by atoms with Crippen molar-refractivity contribution in [3.05, 3.63) is 39.7 Å². The number of hydrogen-bond donors (Lipinski definition) is 2. The summed E-state index contributed by atoms with van der Waals surface area (Å²) in [6.07, 6.45) is 1.54. The van der Waals surface area contributed by atoms with Gasteiger partial charge in [0.2, 0.25) is 5.76 Å². The predicted octanol–water partition coefficient (Wildman–Crippen LogP) is 2.73. The Morgan fingerprint density at radius 1 is 1.44 bits per heavy atom. The monoisotopic (exact) mass is 264 g/mol. The first kappa shape index (κ1) is 12.7. The smallest absolute Gasteiger partial charge is 0.371 e. The highest BCUT2D eigenvalue weighted by Crippen LogP contribution is 2.25. The molecule has 1 aromatic heterocycles. The number of fused-ring (bicyclic) bond motifs is 1. The van der Waals surface area contributed by atoms with Gasteiger partial charge in [-0.25, -0.2) is 4.79 Å². The van der Waals surface area contributed by atoms with E-state index in [1.54, 1.807) is 12.1 Å². The standard InChI is InChI=1S/C13H12O4S/c1-2-3-8-11(18)5-4-7-9(14)6-10(13(15)16)17-12(7)8/h4-6,18H,2-3H2,1H3,(H,15,16). The zero-order chi connectivity index (χ0) is 13.3. The van der Waals surface area contributed by atoms with E-state index in [0.29, 0.717) is 22.3 Å². The van der Waals surface area contributed by atoms with Gasteiger partial charge in [0.05, 0.1) is 5.39 Å². The van der Waals surface area contributed by atoms with E-state index in [1.807, 2.05) is 6.92 Å². The van der Waals surface area contributed by atoms with Crippen LogP contribution in [0.2, 0.25) is 0 Å². The normalized spacial score (nSPS) is 10.8. The molecule has 0 aliphatic rings. The lowest BCUT2D eigenvalue weighted by molar-refractivity contribution is 0.0663. The molecule has 0 aliphatic heterocycles. The number of benzene rings is 1. The van der Waals surface area contributed by atoms with Crippen LogP contribution in [-0.4, -0.2) is 11.1 Å². The third-order valence-electron chi connectivity index (χ3n) is 2.69. The van der Waals surface area contributed by atoms with E-state index >= 15 is 0 Å². The van der Waals surface area contributed by atoms with Gasteiger partial charge in [-0.05, 0) is 18.6 Å². The van der Waals surface area contributed by atoms with Crippen LogP contribution < -0.4 is 5.43 Å². The van der Waals surface area contributed by atoms with E-state index in [0.717, 1.165) is 18.1 Å². The Labute approximate surface area is 109 Å². The lowest BCUT2D eigenvalue weighted by Gasteiger charge is -2.07. The molecule has 0 aliphatic carbocycles. The summed E-state index contributed by atoms with van der Waals surface area (Å²) in [7, 11) is 0. The largest absolute Gasteiger partial charge is 0.475 e. The first-order valence-electron chi connectivity index (χ1n) is 5.56. The molecule has 0 saturated heterocycles. The molecule has 94 valence electrons. The Hall–Kier alpha value is -1.75. The maximum atomic E-state index is 11.8. The van der Waals surface area contributed by atoms with E-state index in [1.165, 1.54) is 0 Å². The maximum absolute atomic E-state index is 11.8. The predicted molar refractivity (Wildman–Crippen MR) is 70.7 cm³/mol. The summed E-state index contributed by atoms with van der Waals surface area (Å²) in [4.78, 5) is 23.4. The highest BCUT2D eigenvalue weighted by molar-refractivity contribution is 7.80. The minimum atomic E-state index is -1.25. The zero-order valence-electron chi connectivity index (χ0n) is 9.77. The fourth-order valence-electron chi connectivity index (χ4n) is 1.86. The van der Waals surface area contributed by atoms with Crippen molar-refractivity contribution in [2.75, 3.05) is 0 Å². The van der Waals surface area contributed by atoms with Crippen molar-refractivity contribution in [3.8, 4) is 0 Å². The van der Waals surface area contributed by atoms with Crippen LogP contribution in [0.25, 0.3) is 11.0 Å². The van der Waals surface area contributed by atoms with Gasteiger partial charge >= 0.3 is 5.97 Å². The van der Waals surface area contributed by atoms with Gasteiger partial charge in [0.15, 0.2) is 5.43 Å². The van der Waals surface area contributed by atoms with Crippen molar-refractivity contribution in [2.45, 2.75) is 24.7 Å². The van der Waals surface area contributed by atoms with Crippen LogP contribution >= 0.6 is 12.6 Å². The molecule has 1 heterocycles. The molecule has 0 bridgehead atoms. The summed E-state index contributed by atoms with van der Waals surface area (Å²) in [6, 6.07) is 4.33. The van der Waals surface area contributed by atoms with E-state index < -0.39 is 5.97 Å². The van der Waals surface area contributed by atoms with Crippen molar-refractivity contribution in [3.63, 3.8) is 0 Å². The number of carboxylic acid groups (broad SMARTS) is 1. The molecule has 0 atom stereocenters. The van der Waals surface area contributed by atoms with Crippen LogP contribution in [0.5, 0.6) is 0 Å². The molecular formula is C13H12O4S. The van der Waals surface area contributed by atoms with Gasteiger partial charge in [-0.15, -0.1) is 12.6 Å². The van der Waals surface area contributed by atoms with Gasteiger partial charge in [-0.1, -0.05) is 13.3 Å². The van der Waals surface area contributed by atoms with Crippen molar-refractivity contribution >= 4 is 29.6 Å². The van der Waals surface area contributed by atoms with Crippen LogP contribution in [0.1, 0.15) is 29.5 Å². The van der Waals surface area contributed by atoms with Crippen molar-refractivity contribution in [1.82, 2.24) is 0 Å². The summed E-state index contributed by atoms with van der Waals surface area (Å²) in [5.74, 6) is -1.59. The van der Waals surface area contributed by atoms with Crippen molar-refractivity contribution < 1.29 is 14.3 Å². The SMILES string of the molecule is CCCc1c(S)ccc2c(=O)cc(C(=O)O)oc12. The Balaban J connectivity index is 2.85. The fourth-order valence-corrected chi connectivity index (χ4v) is 2.15. The maximum Gasteiger partial charge on any atom is 0.371 e. The molecule has 0 unspecified atom stereocenters. The second kappa shape index (κ2) is 4.86. The molecular weight excluding hydrogens is 252 g/mol. The number of carbonyl (C=O) groups is 1. The molecule has 0 saturated carbocycles. The van der Waals surface area contributed by atoms with Crippen LogP contribution in [0.4, 0.5) is 0 Å². The summed E-state index contributed by atoms with van der Waals surface area (Å²) in [5, 5.41) is 9.30. The molecule has 0 amide bonds. The molecule has 2 aromatic rings. The molecule has 0 spiro atoms. The molecule has 5 heteroatoms. The lowest BCUT2D eigenvalue weighted by Crippen LogP contribution is -2.07. The number of thiol groups is 1.